The zero-order valence-corrected chi connectivity index (χ0v) is 13.6. The Hall–Kier alpha value is -0.950. The van der Waals surface area contributed by atoms with Crippen LogP contribution in [-0.2, 0) is 9.53 Å². The molecule has 0 heterocycles. The first-order valence-corrected chi connectivity index (χ1v) is 7.00. The van der Waals surface area contributed by atoms with Crippen molar-refractivity contribution in [3.8, 4) is 0 Å². The van der Waals surface area contributed by atoms with Gasteiger partial charge in [0.2, 0.25) is 0 Å². The van der Waals surface area contributed by atoms with Crippen molar-refractivity contribution in [1.82, 2.24) is 4.90 Å². The average Bonchev–Trinajstić information content (AvgIpc) is 2.29. The molecule has 7 heteroatoms. The quantitative estimate of drug-likeness (QED) is 0.727. The van der Waals surface area contributed by atoms with Gasteiger partial charge in [0.05, 0.1) is 6.61 Å². The molecule has 0 radical (unpaired) electrons. The molecule has 0 saturated carbocycles. The van der Waals surface area contributed by atoms with E-state index in [4.69, 9.17) is 22.1 Å². The third kappa shape index (κ3) is 13.3. The van der Waals surface area contributed by atoms with E-state index in [0.29, 0.717) is 18.2 Å². The van der Waals surface area contributed by atoms with Crippen LogP contribution in [0.5, 0.6) is 0 Å². The van der Waals surface area contributed by atoms with Crippen LogP contribution in [-0.4, -0.2) is 45.8 Å². The van der Waals surface area contributed by atoms with Crippen molar-refractivity contribution in [1.29, 1.82) is 0 Å². The van der Waals surface area contributed by atoms with Gasteiger partial charge < -0.3 is 20.5 Å². The highest BCUT2D eigenvalue weighted by Gasteiger charge is 2.09. The molecule has 0 unspecified atom stereocenters. The molecule has 0 aromatic heterocycles. The number of hydrogen-bond donors (Lipinski definition) is 2. The summed E-state index contributed by atoms with van der Waals surface area (Å²) in [4.78, 5) is 13.2. The normalized spacial score (nSPS) is 9.32. The number of aliphatic hydroxyl groups is 1. The van der Waals surface area contributed by atoms with E-state index in [1.54, 1.807) is 0 Å². The number of hydrogen-bond acceptors (Lipinski definition) is 4. The predicted octanol–water partition coefficient (Wildman–Crippen LogP) is 2.03. The minimum Gasteiger partial charge on any atom is -0.487 e. The van der Waals surface area contributed by atoms with Crippen molar-refractivity contribution in [2.75, 3.05) is 19.7 Å². The monoisotopic (exact) mass is 308 g/mol. The van der Waals surface area contributed by atoms with E-state index in [-0.39, 0.29) is 11.7 Å². The van der Waals surface area contributed by atoms with E-state index in [2.05, 4.69) is 18.0 Å². The second kappa shape index (κ2) is 12.1. The van der Waals surface area contributed by atoms with Crippen LogP contribution in [0.25, 0.3) is 0 Å². The molecule has 0 bridgehead atoms. The molecule has 0 aromatic rings. The van der Waals surface area contributed by atoms with Crippen molar-refractivity contribution in [2.45, 2.75) is 34.1 Å². The van der Waals surface area contributed by atoms with Gasteiger partial charge in [-0.25, -0.2) is 0 Å². The molecular weight excluding hydrogens is 284 g/mol. The summed E-state index contributed by atoms with van der Waals surface area (Å²) in [7, 11) is 0. The van der Waals surface area contributed by atoms with Gasteiger partial charge in [-0.1, -0.05) is 13.8 Å². The van der Waals surface area contributed by atoms with Crippen LogP contribution in [0, 0.1) is 5.92 Å². The van der Waals surface area contributed by atoms with Crippen LogP contribution < -0.4 is 5.73 Å². The summed E-state index contributed by atoms with van der Waals surface area (Å²) < 4.78 is 5.34. The van der Waals surface area contributed by atoms with Crippen molar-refractivity contribution < 1.29 is 14.6 Å². The zero-order valence-electron chi connectivity index (χ0n) is 12.0. The summed E-state index contributed by atoms with van der Waals surface area (Å²) in [6.07, 6.45) is 0.444. The lowest BCUT2D eigenvalue weighted by Crippen LogP contribution is -2.31. The van der Waals surface area contributed by atoms with Gasteiger partial charge in [-0.15, -0.1) is 0 Å². The van der Waals surface area contributed by atoms with Crippen molar-refractivity contribution in [3.63, 3.8) is 0 Å². The molecule has 0 rings (SSSR count). The average molecular weight is 308 g/mol. The van der Waals surface area contributed by atoms with E-state index >= 15 is 0 Å². The number of nitrogens with two attached hydrogens (primary N) is 1. The largest absolute Gasteiger partial charge is 0.487 e. The van der Waals surface area contributed by atoms with Crippen LogP contribution in [0.2, 0.25) is 0 Å². The summed E-state index contributed by atoms with van der Waals surface area (Å²) in [6, 6.07) is 0. The first kappa shape index (κ1) is 20.4. The molecule has 0 fully saturated rings. The van der Waals surface area contributed by atoms with Crippen LogP contribution in [0.4, 0.5) is 0 Å². The predicted molar refractivity (Wildman–Crippen MR) is 85.3 cm³/mol. The van der Waals surface area contributed by atoms with Gasteiger partial charge in [0.25, 0.3) is 10.3 Å². The van der Waals surface area contributed by atoms with Gasteiger partial charge >= 0.3 is 0 Å². The molecule has 5 nitrogen and oxygen atoms in total. The number of aliphatic hydroxyl groups excluding tert-OH is 1. The Labute approximate surface area is 126 Å². The van der Waals surface area contributed by atoms with Gasteiger partial charge in [-0.2, -0.15) is 0 Å². The standard InChI is InChI=1S/C11H21NO2S.CH3NOS/c1-5-12(6-2)11(15)14-8-7-10(13)9(3)4;2-1(3)4/h9H,5-8H2,1-4H3;(H3,2,3,4). The van der Waals surface area contributed by atoms with Gasteiger partial charge in [0, 0.05) is 25.4 Å². The van der Waals surface area contributed by atoms with E-state index in [1.165, 1.54) is 0 Å². The summed E-state index contributed by atoms with van der Waals surface area (Å²) in [5.74, 6) is 0.299. The Morgan fingerprint density at radius 3 is 2.05 bits per heavy atom. The van der Waals surface area contributed by atoms with Gasteiger partial charge in [-0.3, -0.25) is 4.79 Å². The first-order valence-electron chi connectivity index (χ1n) is 6.18. The van der Waals surface area contributed by atoms with Gasteiger partial charge in [0.15, 0.2) is 0 Å². The molecular formula is C12H24N2O3S2. The van der Waals surface area contributed by atoms with Crippen molar-refractivity contribution in [2.24, 2.45) is 11.7 Å². The number of nitrogens with zero attached hydrogens (tertiary/aromatic N) is 1. The molecule has 0 aliphatic rings. The minimum absolute atomic E-state index is 0.0793. The van der Waals surface area contributed by atoms with Crippen LogP contribution >= 0.6 is 24.4 Å². The Kier molecular flexibility index (Phi) is 13.0. The highest BCUT2D eigenvalue weighted by Crippen LogP contribution is 2.00. The maximum atomic E-state index is 11.3. The Balaban J connectivity index is 0. The van der Waals surface area contributed by atoms with E-state index in [9.17, 15) is 4.79 Å². The molecule has 112 valence electrons. The topological polar surface area (TPSA) is 75.8 Å². The molecule has 3 N–H and O–H groups in total. The molecule has 0 saturated heterocycles. The van der Waals surface area contributed by atoms with Gasteiger partial charge in [0.1, 0.15) is 5.78 Å². The fraction of sp³-hybridized carbons (Fsp3) is 0.750. The minimum atomic E-state index is -0.500. The zero-order chi connectivity index (χ0) is 15.4. The maximum Gasteiger partial charge on any atom is 0.259 e. The number of thiocarbonyl (C=S) groups is 2. The number of rotatable bonds is 6. The summed E-state index contributed by atoms with van der Waals surface area (Å²) >= 11 is 8.95. The third-order valence-electron chi connectivity index (χ3n) is 2.24. The fourth-order valence-electron chi connectivity index (χ4n) is 1.10. The number of ketones is 1. The first-order chi connectivity index (χ1) is 8.76. The third-order valence-corrected chi connectivity index (χ3v) is 2.62. The lowest BCUT2D eigenvalue weighted by molar-refractivity contribution is -0.122. The SMILES string of the molecule is CCN(CC)C(=S)OCCC(=O)C(C)C.NC(O)=S. The van der Waals surface area contributed by atoms with E-state index in [0.717, 1.165) is 13.1 Å². The van der Waals surface area contributed by atoms with Crippen LogP contribution in [0.3, 0.4) is 0 Å². The molecule has 0 aliphatic heterocycles. The molecule has 0 aliphatic carbocycles. The smallest absolute Gasteiger partial charge is 0.259 e. The summed E-state index contributed by atoms with van der Waals surface area (Å²) in [6.45, 7) is 9.92. The number of carbonyl (C=O) groups is 1. The van der Waals surface area contributed by atoms with Crippen LogP contribution in [0.15, 0.2) is 0 Å². The highest BCUT2D eigenvalue weighted by atomic mass is 32.1. The van der Waals surface area contributed by atoms with E-state index < -0.39 is 5.17 Å². The van der Waals surface area contributed by atoms with Crippen LogP contribution in [0.1, 0.15) is 34.1 Å². The molecule has 0 amide bonds. The molecule has 0 spiro atoms. The van der Waals surface area contributed by atoms with Crippen molar-refractivity contribution in [3.05, 3.63) is 0 Å². The number of ether oxygens (including phenoxy) is 1. The summed E-state index contributed by atoms with van der Waals surface area (Å²) in [5.41, 5.74) is 4.40. The fourth-order valence-corrected chi connectivity index (χ4v) is 1.44. The summed E-state index contributed by atoms with van der Waals surface area (Å²) in [5, 5.41) is 7.56. The highest BCUT2D eigenvalue weighted by molar-refractivity contribution is 7.80. The Morgan fingerprint density at radius 1 is 1.32 bits per heavy atom. The second-order valence-corrected chi connectivity index (χ2v) is 4.76. The Morgan fingerprint density at radius 2 is 1.74 bits per heavy atom. The lowest BCUT2D eigenvalue weighted by Gasteiger charge is -2.21. The van der Waals surface area contributed by atoms with Gasteiger partial charge in [-0.05, 0) is 38.3 Å². The molecule has 19 heavy (non-hydrogen) atoms. The molecule has 0 aromatic carbocycles. The number of Topliss-reactive ketones (excluding diaryl/α,β-unsaturated/α-hetero) is 1. The Bertz CT molecular complexity index is 289. The number of carbonyl (C=O) groups excluding carboxylic acids is 1. The maximum absolute atomic E-state index is 11.3. The van der Waals surface area contributed by atoms with Crippen molar-refractivity contribution >= 4 is 40.6 Å². The lowest BCUT2D eigenvalue weighted by atomic mass is 10.1. The van der Waals surface area contributed by atoms with E-state index in [1.807, 2.05) is 32.6 Å². The molecule has 0 atom stereocenters. The second-order valence-electron chi connectivity index (χ2n) is 4.00.